The first-order chi connectivity index (χ1) is 7.35. The Morgan fingerprint density at radius 3 is 2.80 bits per heavy atom. The average Bonchev–Trinajstić information content (AvgIpc) is 2.45. The molecular weight excluding hydrogens is 204 g/mol. The second-order valence-corrected chi connectivity index (χ2v) is 6.27. The zero-order chi connectivity index (χ0) is 10.6. The molecule has 2 N–H and O–H groups in total. The van der Waals surface area contributed by atoms with Crippen LogP contribution in [0.3, 0.4) is 0 Å². The molecule has 2 fully saturated rings. The molecule has 2 nitrogen and oxygen atoms in total. The van der Waals surface area contributed by atoms with Gasteiger partial charge in [0.25, 0.3) is 0 Å². The molecule has 0 bridgehead atoms. The lowest BCUT2D eigenvalue weighted by Gasteiger charge is -2.41. The molecule has 1 unspecified atom stereocenters. The monoisotopic (exact) mass is 228 g/mol. The van der Waals surface area contributed by atoms with E-state index in [1.807, 2.05) is 0 Å². The van der Waals surface area contributed by atoms with Crippen molar-refractivity contribution < 1.29 is 0 Å². The third-order valence-corrected chi connectivity index (χ3v) is 5.41. The zero-order valence-electron chi connectivity index (χ0n) is 9.85. The van der Waals surface area contributed by atoms with Gasteiger partial charge in [-0.1, -0.05) is 6.42 Å². The van der Waals surface area contributed by atoms with Gasteiger partial charge in [-0.2, -0.15) is 11.8 Å². The van der Waals surface area contributed by atoms with Gasteiger partial charge < -0.3 is 10.6 Å². The summed E-state index contributed by atoms with van der Waals surface area (Å²) in [6.07, 6.45) is 10.6. The third kappa shape index (κ3) is 3.11. The highest BCUT2D eigenvalue weighted by Crippen LogP contribution is 2.42. The molecule has 0 aromatic heterocycles. The van der Waals surface area contributed by atoms with E-state index in [9.17, 15) is 0 Å². The fourth-order valence-electron chi connectivity index (χ4n) is 2.58. The van der Waals surface area contributed by atoms with Crippen molar-refractivity contribution in [2.75, 3.05) is 25.9 Å². The minimum Gasteiger partial charge on any atom is -0.317 e. The van der Waals surface area contributed by atoms with Crippen molar-refractivity contribution in [2.45, 2.75) is 49.3 Å². The lowest BCUT2D eigenvalue weighted by molar-refractivity contribution is 0.322. The van der Waals surface area contributed by atoms with Crippen LogP contribution in [-0.4, -0.2) is 36.7 Å². The average molecular weight is 228 g/mol. The summed E-state index contributed by atoms with van der Waals surface area (Å²) in [5, 5.41) is 7.27. The minimum atomic E-state index is 0.597. The van der Waals surface area contributed by atoms with E-state index in [2.05, 4.69) is 28.7 Å². The van der Waals surface area contributed by atoms with E-state index < -0.39 is 0 Å². The van der Waals surface area contributed by atoms with Gasteiger partial charge in [0, 0.05) is 17.3 Å². The van der Waals surface area contributed by atoms with Crippen molar-refractivity contribution in [3.63, 3.8) is 0 Å². The largest absolute Gasteiger partial charge is 0.317 e. The number of rotatable bonds is 4. The molecule has 0 aromatic rings. The summed E-state index contributed by atoms with van der Waals surface area (Å²) in [5.74, 6) is 0. The summed E-state index contributed by atoms with van der Waals surface area (Å²) in [5.41, 5.74) is 0. The summed E-state index contributed by atoms with van der Waals surface area (Å²) >= 11 is 2.07. The smallest absolute Gasteiger partial charge is 0.0281 e. The first kappa shape index (κ1) is 11.7. The Labute approximate surface area is 98.0 Å². The maximum atomic E-state index is 3.79. The molecule has 1 saturated heterocycles. The lowest BCUT2D eigenvalue weighted by atomic mass is 9.84. The van der Waals surface area contributed by atoms with E-state index in [-0.39, 0.29) is 0 Å². The molecule has 0 amide bonds. The first-order valence-electron chi connectivity index (χ1n) is 6.34. The van der Waals surface area contributed by atoms with E-state index >= 15 is 0 Å². The van der Waals surface area contributed by atoms with E-state index in [1.54, 1.807) is 0 Å². The Hall–Kier alpha value is 0.270. The van der Waals surface area contributed by atoms with Crippen LogP contribution in [0.25, 0.3) is 0 Å². The molecular formula is C12H24N2S. The molecule has 0 aromatic carbocycles. The Morgan fingerprint density at radius 1 is 1.27 bits per heavy atom. The molecule has 1 aliphatic carbocycles. The maximum absolute atomic E-state index is 3.79. The third-order valence-electron chi connectivity index (χ3n) is 3.99. The molecule has 1 saturated carbocycles. The Bertz CT molecular complexity index is 179. The van der Waals surface area contributed by atoms with Crippen molar-refractivity contribution in [1.29, 1.82) is 0 Å². The number of thioether (sulfide) groups is 1. The van der Waals surface area contributed by atoms with Crippen molar-refractivity contribution in [1.82, 2.24) is 10.6 Å². The molecule has 1 heterocycles. The standard InChI is InChI=1S/C12H24N2S/c1-15-12(6-3-7-12)10-14-11-4-2-8-13-9-5-11/h11,13-14H,2-10H2,1H3. The fourth-order valence-corrected chi connectivity index (χ4v) is 3.50. The Kier molecular flexibility index (Phi) is 4.35. The van der Waals surface area contributed by atoms with Crippen LogP contribution in [0.5, 0.6) is 0 Å². The van der Waals surface area contributed by atoms with E-state index in [4.69, 9.17) is 0 Å². The second kappa shape index (κ2) is 5.55. The molecule has 1 atom stereocenters. The molecule has 15 heavy (non-hydrogen) atoms. The van der Waals surface area contributed by atoms with Crippen molar-refractivity contribution in [3.8, 4) is 0 Å². The van der Waals surface area contributed by atoms with E-state index in [1.165, 1.54) is 58.2 Å². The van der Waals surface area contributed by atoms with Crippen LogP contribution in [0, 0.1) is 0 Å². The molecule has 1 aliphatic heterocycles. The van der Waals surface area contributed by atoms with Crippen LogP contribution in [-0.2, 0) is 0 Å². The summed E-state index contributed by atoms with van der Waals surface area (Å²) in [6, 6.07) is 0.768. The van der Waals surface area contributed by atoms with Crippen LogP contribution in [0.1, 0.15) is 38.5 Å². The topological polar surface area (TPSA) is 24.1 Å². The van der Waals surface area contributed by atoms with Gasteiger partial charge >= 0.3 is 0 Å². The number of hydrogen-bond acceptors (Lipinski definition) is 3. The van der Waals surface area contributed by atoms with Gasteiger partial charge in [-0.3, -0.25) is 0 Å². The van der Waals surface area contributed by atoms with Crippen LogP contribution >= 0.6 is 11.8 Å². The van der Waals surface area contributed by atoms with Gasteiger partial charge in [-0.25, -0.2) is 0 Å². The summed E-state index contributed by atoms with van der Waals surface area (Å²) in [6.45, 7) is 3.65. The molecule has 0 radical (unpaired) electrons. The van der Waals surface area contributed by atoms with Gasteiger partial charge in [0.2, 0.25) is 0 Å². The van der Waals surface area contributed by atoms with Crippen molar-refractivity contribution in [3.05, 3.63) is 0 Å². The fraction of sp³-hybridized carbons (Fsp3) is 1.00. The number of nitrogens with one attached hydrogen (secondary N) is 2. The van der Waals surface area contributed by atoms with Crippen LogP contribution in [0.15, 0.2) is 0 Å². The van der Waals surface area contributed by atoms with Crippen molar-refractivity contribution in [2.24, 2.45) is 0 Å². The predicted molar refractivity (Wildman–Crippen MR) is 68.6 cm³/mol. The van der Waals surface area contributed by atoms with Gasteiger partial charge in [0.05, 0.1) is 0 Å². The normalized spacial score (nSPS) is 30.6. The molecule has 3 heteroatoms. The SMILES string of the molecule is CSC1(CNC2CCCNCC2)CCC1. The van der Waals surface area contributed by atoms with Gasteiger partial charge in [0.15, 0.2) is 0 Å². The zero-order valence-corrected chi connectivity index (χ0v) is 10.7. The lowest BCUT2D eigenvalue weighted by Crippen LogP contribution is -2.46. The first-order valence-corrected chi connectivity index (χ1v) is 7.56. The van der Waals surface area contributed by atoms with Crippen LogP contribution in [0.4, 0.5) is 0 Å². The van der Waals surface area contributed by atoms with E-state index in [0.29, 0.717) is 4.75 Å². The number of hydrogen-bond donors (Lipinski definition) is 2. The van der Waals surface area contributed by atoms with Crippen LogP contribution < -0.4 is 10.6 Å². The highest BCUT2D eigenvalue weighted by atomic mass is 32.2. The maximum Gasteiger partial charge on any atom is 0.0281 e. The Balaban J connectivity index is 1.71. The molecule has 88 valence electrons. The quantitative estimate of drug-likeness (QED) is 0.769. The summed E-state index contributed by atoms with van der Waals surface area (Å²) in [7, 11) is 0. The Morgan fingerprint density at radius 2 is 2.13 bits per heavy atom. The molecule has 0 spiro atoms. The predicted octanol–water partition coefficient (Wildman–Crippen LogP) is 2.00. The highest BCUT2D eigenvalue weighted by Gasteiger charge is 2.36. The van der Waals surface area contributed by atoms with E-state index in [0.717, 1.165) is 6.04 Å². The highest BCUT2D eigenvalue weighted by molar-refractivity contribution is 8.00. The van der Waals surface area contributed by atoms with Crippen LogP contribution in [0.2, 0.25) is 0 Å². The minimum absolute atomic E-state index is 0.597. The van der Waals surface area contributed by atoms with Crippen molar-refractivity contribution >= 4 is 11.8 Å². The second-order valence-electron chi connectivity index (χ2n) is 5.00. The van der Waals surface area contributed by atoms with Gasteiger partial charge in [-0.15, -0.1) is 0 Å². The summed E-state index contributed by atoms with van der Waals surface area (Å²) in [4.78, 5) is 0. The molecule has 2 aliphatic rings. The van der Waals surface area contributed by atoms with Gasteiger partial charge in [-0.05, 0) is 51.4 Å². The van der Waals surface area contributed by atoms with Gasteiger partial charge in [0.1, 0.15) is 0 Å². The molecule has 2 rings (SSSR count). The summed E-state index contributed by atoms with van der Waals surface area (Å²) < 4.78 is 0.597.